The molecule has 0 aliphatic carbocycles. The highest BCUT2D eigenvalue weighted by Gasteiger charge is 2.20. The lowest BCUT2D eigenvalue weighted by atomic mass is 9.97. The van der Waals surface area contributed by atoms with Gasteiger partial charge in [-0.05, 0) is 108 Å². The molecule has 0 fully saturated rings. The number of rotatable bonds is 7. The molecule has 3 aromatic heterocycles. The van der Waals surface area contributed by atoms with E-state index in [4.69, 9.17) is 9.41 Å². The maximum absolute atomic E-state index is 6.52. The molecule has 0 aliphatic rings. The summed E-state index contributed by atoms with van der Waals surface area (Å²) in [7, 11) is 0. The molecule has 0 spiro atoms. The Kier molecular flexibility index (Phi) is 8.19. The summed E-state index contributed by atoms with van der Waals surface area (Å²) >= 11 is 0. The van der Waals surface area contributed by atoms with Crippen LogP contribution < -0.4 is 0 Å². The Bertz CT molecular complexity index is 3760. The Balaban J connectivity index is 1.04. The number of nitrogens with zero attached hydrogens (tertiary/aromatic N) is 3. The Morgan fingerprint density at radius 1 is 0.435 bits per heavy atom. The molecule has 4 nitrogen and oxygen atoms in total. The van der Waals surface area contributed by atoms with Crippen molar-refractivity contribution in [2.45, 2.75) is 6.92 Å². The normalized spacial score (nSPS) is 12.1. The number of fused-ring (bicyclic) bond motifs is 9. The van der Waals surface area contributed by atoms with Crippen LogP contribution in [0.4, 0.5) is 5.69 Å². The summed E-state index contributed by atoms with van der Waals surface area (Å²) in [6, 6.07) is 73.2. The zero-order valence-electron chi connectivity index (χ0n) is 34.1. The molecule has 0 bridgehead atoms. The van der Waals surface area contributed by atoms with Gasteiger partial charge in [0, 0.05) is 60.5 Å². The predicted molar refractivity (Wildman–Crippen MR) is 261 cm³/mol. The van der Waals surface area contributed by atoms with Crippen LogP contribution in [-0.2, 0) is 0 Å². The van der Waals surface area contributed by atoms with Crippen LogP contribution in [0.5, 0.6) is 0 Å². The third kappa shape index (κ3) is 5.65. The van der Waals surface area contributed by atoms with Gasteiger partial charge in [-0.1, -0.05) is 134 Å². The minimum Gasteiger partial charge on any atom is -0.456 e. The summed E-state index contributed by atoms with van der Waals surface area (Å²) in [4.78, 5) is 5.25. The molecule has 0 amide bonds. The molecule has 3 heterocycles. The molecule has 0 atom stereocenters. The van der Waals surface area contributed by atoms with E-state index in [1.54, 1.807) is 0 Å². The van der Waals surface area contributed by atoms with E-state index in [2.05, 4.69) is 199 Å². The molecule has 9 aromatic carbocycles. The molecule has 62 heavy (non-hydrogen) atoms. The first kappa shape index (κ1) is 35.7. The minimum atomic E-state index is 0.838. The molecule has 12 aromatic rings. The van der Waals surface area contributed by atoms with Crippen LogP contribution in [0.3, 0.4) is 0 Å². The van der Waals surface area contributed by atoms with Crippen LogP contribution in [0.2, 0.25) is 0 Å². The van der Waals surface area contributed by atoms with Crippen molar-refractivity contribution >= 4 is 82.5 Å². The van der Waals surface area contributed by atoms with Gasteiger partial charge in [-0.3, -0.25) is 4.99 Å². The molecule has 292 valence electrons. The second-order valence-electron chi connectivity index (χ2n) is 16.0. The largest absolute Gasteiger partial charge is 0.456 e. The monoisotopic (exact) mass is 793 g/mol. The predicted octanol–water partition coefficient (Wildman–Crippen LogP) is 15.6. The number of benzene rings is 9. The lowest BCUT2D eigenvalue weighted by molar-refractivity contribution is 0.669. The first-order chi connectivity index (χ1) is 30.6. The molecule has 0 saturated heterocycles. The summed E-state index contributed by atoms with van der Waals surface area (Å²) in [6.45, 7) is 6.55. The van der Waals surface area contributed by atoms with E-state index in [1.807, 2.05) is 30.3 Å². The highest BCUT2D eigenvalue weighted by atomic mass is 16.3. The van der Waals surface area contributed by atoms with Crippen LogP contribution in [0.25, 0.3) is 93.6 Å². The van der Waals surface area contributed by atoms with Gasteiger partial charge in [-0.2, -0.15) is 0 Å². The Labute approximate surface area is 358 Å². The van der Waals surface area contributed by atoms with Crippen molar-refractivity contribution in [2.24, 2.45) is 4.99 Å². The number of furan rings is 1. The number of hydrogen-bond acceptors (Lipinski definition) is 2. The van der Waals surface area contributed by atoms with E-state index in [1.165, 1.54) is 38.1 Å². The van der Waals surface area contributed by atoms with Gasteiger partial charge in [0.05, 0.1) is 27.8 Å². The van der Waals surface area contributed by atoms with Gasteiger partial charge in [-0.25, -0.2) is 0 Å². The van der Waals surface area contributed by atoms with E-state index >= 15 is 0 Å². The maximum atomic E-state index is 6.52. The maximum Gasteiger partial charge on any atom is 0.136 e. The molecule has 4 heteroatoms. The van der Waals surface area contributed by atoms with Gasteiger partial charge < -0.3 is 13.6 Å². The van der Waals surface area contributed by atoms with Gasteiger partial charge in [0.15, 0.2) is 0 Å². The lowest BCUT2D eigenvalue weighted by Crippen LogP contribution is -1.96. The summed E-state index contributed by atoms with van der Waals surface area (Å²) < 4.78 is 11.3. The van der Waals surface area contributed by atoms with Crippen molar-refractivity contribution < 1.29 is 4.42 Å². The summed E-state index contributed by atoms with van der Waals surface area (Å²) in [5.74, 6) is 0. The van der Waals surface area contributed by atoms with Gasteiger partial charge in [0.2, 0.25) is 0 Å². The highest BCUT2D eigenvalue weighted by molar-refractivity contribution is 6.21. The van der Waals surface area contributed by atoms with Crippen LogP contribution in [0.1, 0.15) is 23.6 Å². The van der Waals surface area contributed by atoms with E-state index in [-0.39, 0.29) is 0 Å². The van der Waals surface area contributed by atoms with Crippen molar-refractivity contribution in [2.75, 3.05) is 0 Å². The topological polar surface area (TPSA) is 35.4 Å². The van der Waals surface area contributed by atoms with Crippen molar-refractivity contribution in [3.8, 4) is 22.5 Å². The zero-order valence-corrected chi connectivity index (χ0v) is 34.1. The van der Waals surface area contributed by atoms with E-state index in [9.17, 15) is 0 Å². The fraction of sp³-hybridized carbons (Fsp3) is 0.0172. The van der Waals surface area contributed by atoms with Crippen LogP contribution in [0, 0.1) is 0 Å². The van der Waals surface area contributed by atoms with E-state index in [0.29, 0.717) is 0 Å². The quantitative estimate of drug-likeness (QED) is 0.148. The van der Waals surface area contributed by atoms with E-state index < -0.39 is 0 Å². The molecular weight excluding hydrogens is 755 g/mol. The molecule has 0 aliphatic heterocycles. The summed E-state index contributed by atoms with van der Waals surface area (Å²) in [5, 5.41) is 6.99. The fourth-order valence-corrected chi connectivity index (χ4v) is 9.54. The first-order valence-electron chi connectivity index (χ1n) is 21.1. The van der Waals surface area contributed by atoms with Crippen molar-refractivity contribution in [3.05, 3.63) is 230 Å². The smallest absolute Gasteiger partial charge is 0.136 e. The molecule has 0 unspecified atom stereocenters. The summed E-state index contributed by atoms with van der Waals surface area (Å²) in [5.41, 5.74) is 16.8. The Morgan fingerprint density at radius 2 is 0.984 bits per heavy atom. The third-order valence-corrected chi connectivity index (χ3v) is 12.4. The third-order valence-electron chi connectivity index (χ3n) is 12.4. The SMILES string of the molecule is C=C(c1ccccc1)c1ccccc1N=C(C)c1cccc2oc3ccc(-c4ccc5c(c4)c4cc6c(cc4n5-c4ccccc4)c4ccccc4n6-c4ccccc4)cc3c12. The first-order valence-corrected chi connectivity index (χ1v) is 21.1. The van der Waals surface area contributed by atoms with Gasteiger partial charge in [-0.15, -0.1) is 0 Å². The minimum absolute atomic E-state index is 0.838. The zero-order chi connectivity index (χ0) is 41.3. The Morgan fingerprint density at radius 3 is 1.71 bits per heavy atom. The molecule has 0 N–H and O–H groups in total. The molecule has 12 rings (SSSR count). The average Bonchev–Trinajstić information content (AvgIpc) is 3.98. The van der Waals surface area contributed by atoms with Crippen molar-refractivity contribution in [1.29, 1.82) is 0 Å². The number of para-hydroxylation sites is 4. The second-order valence-corrected chi connectivity index (χ2v) is 16.0. The van der Waals surface area contributed by atoms with Gasteiger partial charge in [0.25, 0.3) is 0 Å². The molecule has 0 saturated carbocycles. The standard InChI is InChI=1S/C58H39N3O/c1-37(39-17-6-3-7-18-39)44-23-12-14-26-51(44)59-38(2)45-25-16-28-57-58(45)50-34-41(30-32-56(50)62-57)40-29-31-53-47(33-40)49-36-54-48(35-55(49)61(53)43-21-10-5-11-22-43)46-24-13-15-27-52(46)60(54)42-19-8-4-9-20-42/h3-36H,1H2,2H3. The number of hydrogen-bond donors (Lipinski definition) is 0. The fourth-order valence-electron chi connectivity index (χ4n) is 9.54. The van der Waals surface area contributed by atoms with Crippen molar-refractivity contribution in [1.82, 2.24) is 9.13 Å². The second kappa shape index (κ2) is 14.2. The van der Waals surface area contributed by atoms with Crippen molar-refractivity contribution in [3.63, 3.8) is 0 Å². The van der Waals surface area contributed by atoms with Crippen LogP contribution >= 0.6 is 0 Å². The van der Waals surface area contributed by atoms with E-state index in [0.717, 1.165) is 83.6 Å². The van der Waals surface area contributed by atoms with Crippen LogP contribution in [-0.4, -0.2) is 14.8 Å². The number of aliphatic imine (C=N–C) groups is 1. The lowest BCUT2D eigenvalue weighted by Gasteiger charge is -2.11. The molecular formula is C58H39N3O. The number of aromatic nitrogens is 2. The highest BCUT2D eigenvalue weighted by Crippen LogP contribution is 2.42. The summed E-state index contributed by atoms with van der Waals surface area (Å²) in [6.07, 6.45) is 0. The van der Waals surface area contributed by atoms with Gasteiger partial charge >= 0.3 is 0 Å². The van der Waals surface area contributed by atoms with Crippen LogP contribution in [0.15, 0.2) is 222 Å². The average molecular weight is 794 g/mol. The van der Waals surface area contributed by atoms with Gasteiger partial charge in [0.1, 0.15) is 11.2 Å². The molecule has 0 radical (unpaired) electrons. The Hall–Kier alpha value is -8.21.